The maximum absolute atomic E-state index is 3.56. The van der Waals surface area contributed by atoms with Gasteiger partial charge in [0.1, 0.15) is 0 Å². The molecule has 1 atom stereocenters. The molecule has 1 aromatic carbocycles. The largest absolute Gasteiger partial charge is 0.370 e. The van der Waals surface area contributed by atoms with Gasteiger partial charge in [-0.25, -0.2) is 0 Å². The number of halogens is 1. The van der Waals surface area contributed by atoms with E-state index in [-0.39, 0.29) is 0 Å². The van der Waals surface area contributed by atoms with Crippen LogP contribution in [0, 0.1) is 6.92 Å². The molecule has 1 fully saturated rings. The first-order valence-electron chi connectivity index (χ1n) is 6.41. The fourth-order valence-corrected chi connectivity index (χ4v) is 2.57. The highest BCUT2D eigenvalue weighted by Crippen LogP contribution is 2.23. The average molecular weight is 297 g/mol. The molecule has 0 bridgehead atoms. The third-order valence-electron chi connectivity index (χ3n) is 3.35. The zero-order valence-corrected chi connectivity index (χ0v) is 12.3. The van der Waals surface area contributed by atoms with E-state index in [9.17, 15) is 0 Å². The summed E-state index contributed by atoms with van der Waals surface area (Å²) in [4.78, 5) is 2.50. The molecule has 0 radical (unpaired) electrons. The SMILES string of the molecule is Cc1cc(N2CCCCNC(C)C2)ccc1Br. The van der Waals surface area contributed by atoms with E-state index in [2.05, 4.69) is 58.2 Å². The first-order chi connectivity index (χ1) is 8.16. The Kier molecular flexibility index (Phi) is 4.46. The van der Waals surface area contributed by atoms with Crippen molar-refractivity contribution in [3.05, 3.63) is 28.2 Å². The fraction of sp³-hybridized carbons (Fsp3) is 0.571. The van der Waals surface area contributed by atoms with Crippen molar-refractivity contribution < 1.29 is 0 Å². The summed E-state index contributed by atoms with van der Waals surface area (Å²) in [7, 11) is 0. The number of nitrogens with one attached hydrogen (secondary N) is 1. The number of aryl methyl sites for hydroxylation is 1. The summed E-state index contributed by atoms with van der Waals surface area (Å²) in [6.45, 7) is 7.85. The standard InChI is InChI=1S/C14H21BrN2/c1-11-9-13(5-6-14(11)15)17-8-4-3-7-16-12(2)10-17/h5-6,9,12,16H,3-4,7-8,10H2,1-2H3. The van der Waals surface area contributed by atoms with Crippen LogP contribution in [0.5, 0.6) is 0 Å². The molecule has 1 aliphatic rings. The Hall–Kier alpha value is -0.540. The summed E-state index contributed by atoms with van der Waals surface area (Å²) in [5.74, 6) is 0. The Balaban J connectivity index is 2.15. The van der Waals surface area contributed by atoms with Gasteiger partial charge in [-0.2, -0.15) is 0 Å². The number of hydrogen-bond acceptors (Lipinski definition) is 2. The molecule has 0 spiro atoms. The van der Waals surface area contributed by atoms with Gasteiger partial charge in [0.15, 0.2) is 0 Å². The number of nitrogens with zero attached hydrogens (tertiary/aromatic N) is 1. The number of benzene rings is 1. The zero-order chi connectivity index (χ0) is 12.3. The van der Waals surface area contributed by atoms with Crippen LogP contribution < -0.4 is 10.2 Å². The molecular formula is C14H21BrN2. The van der Waals surface area contributed by atoms with Crippen LogP contribution in [0.3, 0.4) is 0 Å². The van der Waals surface area contributed by atoms with Crippen molar-refractivity contribution in [2.45, 2.75) is 32.7 Å². The van der Waals surface area contributed by atoms with Crippen molar-refractivity contribution in [2.24, 2.45) is 0 Å². The quantitative estimate of drug-likeness (QED) is 0.855. The summed E-state index contributed by atoms with van der Waals surface area (Å²) in [5, 5.41) is 3.56. The summed E-state index contributed by atoms with van der Waals surface area (Å²) < 4.78 is 1.19. The van der Waals surface area contributed by atoms with E-state index in [1.165, 1.54) is 35.1 Å². The third-order valence-corrected chi connectivity index (χ3v) is 4.24. The van der Waals surface area contributed by atoms with E-state index in [1.54, 1.807) is 0 Å². The molecule has 1 aromatic rings. The smallest absolute Gasteiger partial charge is 0.0370 e. The summed E-state index contributed by atoms with van der Waals surface area (Å²) in [6.07, 6.45) is 2.55. The van der Waals surface area contributed by atoms with Crippen LogP contribution in [0.15, 0.2) is 22.7 Å². The molecule has 1 heterocycles. The topological polar surface area (TPSA) is 15.3 Å². The van der Waals surface area contributed by atoms with Crippen LogP contribution in [-0.4, -0.2) is 25.7 Å². The molecule has 0 saturated carbocycles. The van der Waals surface area contributed by atoms with Crippen LogP contribution >= 0.6 is 15.9 Å². The second kappa shape index (κ2) is 5.87. The molecule has 2 nitrogen and oxygen atoms in total. The molecule has 0 amide bonds. The average Bonchev–Trinajstić information content (AvgIpc) is 2.27. The fourth-order valence-electron chi connectivity index (χ4n) is 2.32. The van der Waals surface area contributed by atoms with E-state index in [1.807, 2.05) is 0 Å². The molecular weight excluding hydrogens is 276 g/mol. The van der Waals surface area contributed by atoms with Gasteiger partial charge in [-0.15, -0.1) is 0 Å². The maximum Gasteiger partial charge on any atom is 0.0370 e. The van der Waals surface area contributed by atoms with Gasteiger partial charge in [-0.1, -0.05) is 15.9 Å². The Morgan fingerprint density at radius 3 is 2.94 bits per heavy atom. The van der Waals surface area contributed by atoms with Crippen molar-refractivity contribution >= 4 is 21.6 Å². The van der Waals surface area contributed by atoms with E-state index in [4.69, 9.17) is 0 Å². The molecule has 17 heavy (non-hydrogen) atoms. The predicted octanol–water partition coefficient (Wildman–Crippen LogP) is 3.34. The predicted molar refractivity (Wildman–Crippen MR) is 77.8 cm³/mol. The molecule has 3 heteroatoms. The van der Waals surface area contributed by atoms with Gasteiger partial charge in [0.25, 0.3) is 0 Å². The van der Waals surface area contributed by atoms with E-state index in [0.717, 1.165) is 13.1 Å². The normalized spacial score (nSPS) is 22.1. The van der Waals surface area contributed by atoms with Gasteiger partial charge in [0.2, 0.25) is 0 Å². The summed E-state index contributed by atoms with van der Waals surface area (Å²) >= 11 is 3.56. The van der Waals surface area contributed by atoms with Crippen LogP contribution in [0.1, 0.15) is 25.3 Å². The van der Waals surface area contributed by atoms with E-state index in [0.29, 0.717) is 6.04 Å². The first kappa shape index (κ1) is 12.9. The number of anilines is 1. The Bertz CT molecular complexity index is 378. The highest BCUT2D eigenvalue weighted by molar-refractivity contribution is 9.10. The maximum atomic E-state index is 3.56. The van der Waals surface area contributed by atoms with E-state index >= 15 is 0 Å². The second-order valence-electron chi connectivity index (χ2n) is 4.94. The van der Waals surface area contributed by atoms with Crippen molar-refractivity contribution in [1.29, 1.82) is 0 Å². The van der Waals surface area contributed by atoms with Crippen LogP contribution in [0.2, 0.25) is 0 Å². The number of rotatable bonds is 1. The van der Waals surface area contributed by atoms with Crippen molar-refractivity contribution in [3.8, 4) is 0 Å². The van der Waals surface area contributed by atoms with Crippen molar-refractivity contribution in [3.63, 3.8) is 0 Å². The van der Waals surface area contributed by atoms with E-state index < -0.39 is 0 Å². The Morgan fingerprint density at radius 2 is 2.18 bits per heavy atom. The molecule has 1 N–H and O–H groups in total. The van der Waals surface area contributed by atoms with Crippen LogP contribution in [0.25, 0.3) is 0 Å². The highest BCUT2D eigenvalue weighted by Gasteiger charge is 2.13. The van der Waals surface area contributed by atoms with Gasteiger partial charge in [-0.05, 0) is 57.0 Å². The van der Waals surface area contributed by atoms with Crippen LogP contribution in [-0.2, 0) is 0 Å². The third kappa shape index (κ3) is 3.46. The second-order valence-corrected chi connectivity index (χ2v) is 5.80. The molecule has 2 rings (SSSR count). The lowest BCUT2D eigenvalue weighted by atomic mass is 10.1. The summed E-state index contributed by atoms with van der Waals surface area (Å²) in [6, 6.07) is 7.21. The molecule has 94 valence electrons. The van der Waals surface area contributed by atoms with Crippen molar-refractivity contribution in [1.82, 2.24) is 5.32 Å². The molecule has 0 aliphatic carbocycles. The summed E-state index contributed by atoms with van der Waals surface area (Å²) in [5.41, 5.74) is 2.66. The Labute approximate surface area is 113 Å². The molecule has 1 saturated heterocycles. The molecule has 1 unspecified atom stereocenters. The van der Waals surface area contributed by atoms with Crippen LogP contribution in [0.4, 0.5) is 5.69 Å². The van der Waals surface area contributed by atoms with Gasteiger partial charge in [-0.3, -0.25) is 0 Å². The first-order valence-corrected chi connectivity index (χ1v) is 7.20. The van der Waals surface area contributed by atoms with Gasteiger partial charge in [0.05, 0.1) is 0 Å². The van der Waals surface area contributed by atoms with Gasteiger partial charge >= 0.3 is 0 Å². The number of hydrogen-bond donors (Lipinski definition) is 1. The zero-order valence-electron chi connectivity index (χ0n) is 10.7. The van der Waals surface area contributed by atoms with Gasteiger partial charge < -0.3 is 10.2 Å². The minimum atomic E-state index is 0.569. The van der Waals surface area contributed by atoms with Gasteiger partial charge in [0, 0.05) is 29.3 Å². The molecule has 0 aromatic heterocycles. The monoisotopic (exact) mass is 296 g/mol. The van der Waals surface area contributed by atoms with Crippen molar-refractivity contribution in [2.75, 3.05) is 24.5 Å². The minimum absolute atomic E-state index is 0.569. The lowest BCUT2D eigenvalue weighted by Gasteiger charge is -2.31. The molecule has 1 aliphatic heterocycles. The lowest BCUT2D eigenvalue weighted by molar-refractivity contribution is 0.485. The Morgan fingerprint density at radius 1 is 1.35 bits per heavy atom. The minimum Gasteiger partial charge on any atom is -0.370 e. The lowest BCUT2D eigenvalue weighted by Crippen LogP contribution is -2.42. The highest BCUT2D eigenvalue weighted by atomic mass is 79.9.